The van der Waals surface area contributed by atoms with Crippen LogP contribution in [0.25, 0.3) is 0 Å². The van der Waals surface area contributed by atoms with Crippen molar-refractivity contribution in [1.29, 1.82) is 0 Å². The molecule has 174 valence electrons. The van der Waals surface area contributed by atoms with E-state index in [1.54, 1.807) is 59.5 Å². The van der Waals surface area contributed by atoms with Gasteiger partial charge in [-0.3, -0.25) is 9.59 Å². The third kappa shape index (κ3) is 4.52. The minimum atomic E-state index is -1.55. The Morgan fingerprint density at radius 2 is 1.71 bits per heavy atom. The molecule has 2 amide bonds. The molecule has 1 saturated carbocycles. The monoisotopic (exact) mass is 492 g/mol. The molecular formula is C27H25ClN2O3S. The van der Waals surface area contributed by atoms with Crippen LogP contribution >= 0.6 is 11.6 Å². The highest BCUT2D eigenvalue weighted by molar-refractivity contribution is 7.85. The average molecular weight is 493 g/mol. The van der Waals surface area contributed by atoms with Crippen LogP contribution in [0.2, 0.25) is 5.02 Å². The molecule has 5 nitrogen and oxygen atoms in total. The molecular weight excluding hydrogens is 468 g/mol. The normalized spacial score (nSPS) is 18.1. The van der Waals surface area contributed by atoms with Crippen molar-refractivity contribution in [1.82, 2.24) is 5.32 Å². The van der Waals surface area contributed by atoms with Gasteiger partial charge in [-0.2, -0.15) is 0 Å². The zero-order valence-corrected chi connectivity index (χ0v) is 20.2. The van der Waals surface area contributed by atoms with Gasteiger partial charge < -0.3 is 10.2 Å². The standard InChI is InChI=1S/C27H25ClN2O3S/c28-20-13-10-18(11-14-20)17-30-23-16-19(26(31)29-21-6-2-1-3-7-21)12-15-25(23)34(33)24-9-5-4-8-22(24)27(30)32/h4-5,8-16,21H,1-3,6-7,17H2,(H,29,31). The van der Waals surface area contributed by atoms with E-state index in [1.165, 1.54) is 6.42 Å². The lowest BCUT2D eigenvalue weighted by Gasteiger charge is -2.25. The summed E-state index contributed by atoms with van der Waals surface area (Å²) in [5.41, 5.74) is 2.23. The van der Waals surface area contributed by atoms with Gasteiger partial charge >= 0.3 is 0 Å². The van der Waals surface area contributed by atoms with Crippen LogP contribution in [0.3, 0.4) is 0 Å². The zero-order valence-electron chi connectivity index (χ0n) is 18.6. The Labute approximate surface area is 206 Å². The number of carbonyl (C=O) groups excluding carboxylic acids is 2. The predicted molar refractivity (Wildman–Crippen MR) is 134 cm³/mol. The third-order valence-corrected chi connectivity index (χ3v) is 8.22. The summed E-state index contributed by atoms with van der Waals surface area (Å²) >= 11 is 6.05. The maximum absolute atomic E-state index is 13.7. The average Bonchev–Trinajstić information content (AvgIpc) is 2.95. The molecule has 3 aromatic carbocycles. The van der Waals surface area contributed by atoms with E-state index in [4.69, 9.17) is 11.6 Å². The summed E-state index contributed by atoms with van der Waals surface area (Å²) in [4.78, 5) is 29.3. The predicted octanol–water partition coefficient (Wildman–Crippen LogP) is 5.73. The molecule has 1 atom stereocenters. The summed E-state index contributed by atoms with van der Waals surface area (Å²) in [7, 11) is -1.55. The number of anilines is 1. The second-order valence-electron chi connectivity index (χ2n) is 8.77. The number of hydrogen-bond acceptors (Lipinski definition) is 3. The van der Waals surface area contributed by atoms with Crippen molar-refractivity contribution in [2.24, 2.45) is 0 Å². The van der Waals surface area contributed by atoms with Crippen LogP contribution in [0.1, 0.15) is 58.4 Å². The number of benzene rings is 3. The minimum absolute atomic E-state index is 0.166. The zero-order chi connectivity index (χ0) is 23.7. The van der Waals surface area contributed by atoms with Crippen LogP contribution in [-0.2, 0) is 17.3 Å². The highest BCUT2D eigenvalue weighted by Crippen LogP contribution is 2.36. The Morgan fingerprint density at radius 3 is 2.47 bits per heavy atom. The maximum atomic E-state index is 13.7. The lowest BCUT2D eigenvalue weighted by Crippen LogP contribution is -2.36. The first kappa shape index (κ1) is 22.8. The van der Waals surface area contributed by atoms with Crippen LogP contribution in [0.5, 0.6) is 0 Å². The number of carbonyl (C=O) groups is 2. The van der Waals surface area contributed by atoms with Crippen molar-refractivity contribution in [2.45, 2.75) is 54.5 Å². The Balaban J connectivity index is 1.56. The van der Waals surface area contributed by atoms with Crippen molar-refractivity contribution >= 4 is 39.9 Å². The molecule has 0 spiro atoms. The molecule has 3 aromatic rings. The van der Waals surface area contributed by atoms with Crippen molar-refractivity contribution in [3.63, 3.8) is 0 Å². The van der Waals surface area contributed by atoms with Crippen LogP contribution < -0.4 is 10.2 Å². The molecule has 34 heavy (non-hydrogen) atoms. The minimum Gasteiger partial charge on any atom is -0.349 e. The number of nitrogens with zero attached hydrogens (tertiary/aromatic N) is 1. The van der Waals surface area contributed by atoms with E-state index in [2.05, 4.69) is 5.32 Å². The first-order chi connectivity index (χ1) is 16.5. The van der Waals surface area contributed by atoms with E-state index in [1.807, 2.05) is 12.1 Å². The molecule has 7 heteroatoms. The van der Waals surface area contributed by atoms with E-state index in [0.29, 0.717) is 31.6 Å². The number of nitrogens with one attached hydrogen (secondary N) is 1. The number of amides is 2. The molecule has 0 radical (unpaired) electrons. The molecule has 1 unspecified atom stereocenters. The second kappa shape index (κ2) is 9.72. The summed E-state index contributed by atoms with van der Waals surface area (Å²) in [6, 6.07) is 19.6. The number of halogens is 1. The van der Waals surface area contributed by atoms with Gasteiger partial charge in [0.2, 0.25) is 0 Å². The van der Waals surface area contributed by atoms with Gasteiger partial charge in [0.15, 0.2) is 0 Å². The Bertz CT molecular complexity index is 1270. The van der Waals surface area contributed by atoms with Crippen molar-refractivity contribution in [3.05, 3.63) is 88.4 Å². The SMILES string of the molecule is O=C(NC1CCCCC1)c1ccc2c(c1)N(Cc1ccc(Cl)cc1)C(=O)c1ccccc1S2=O. The van der Waals surface area contributed by atoms with E-state index in [-0.39, 0.29) is 24.4 Å². The summed E-state index contributed by atoms with van der Waals surface area (Å²) in [5, 5.41) is 3.75. The third-order valence-electron chi connectivity index (χ3n) is 6.47. The van der Waals surface area contributed by atoms with Gasteiger partial charge in [0.05, 0.1) is 38.4 Å². The first-order valence-corrected chi connectivity index (χ1v) is 13.1. The number of hydrogen-bond donors (Lipinski definition) is 1. The van der Waals surface area contributed by atoms with Crippen LogP contribution in [0.15, 0.2) is 76.5 Å². The Morgan fingerprint density at radius 1 is 0.971 bits per heavy atom. The van der Waals surface area contributed by atoms with Gasteiger partial charge in [0, 0.05) is 16.6 Å². The molecule has 1 heterocycles. The highest BCUT2D eigenvalue weighted by Gasteiger charge is 2.31. The van der Waals surface area contributed by atoms with Gasteiger partial charge in [0.1, 0.15) is 0 Å². The maximum Gasteiger partial charge on any atom is 0.259 e. The van der Waals surface area contributed by atoms with Crippen LogP contribution in [0.4, 0.5) is 5.69 Å². The molecule has 5 rings (SSSR count). The number of fused-ring (bicyclic) bond motifs is 2. The summed E-state index contributed by atoms with van der Waals surface area (Å²) in [6.07, 6.45) is 5.42. The highest BCUT2D eigenvalue weighted by atomic mass is 35.5. The van der Waals surface area contributed by atoms with Crippen molar-refractivity contribution in [2.75, 3.05) is 4.90 Å². The fourth-order valence-electron chi connectivity index (χ4n) is 4.65. The lowest BCUT2D eigenvalue weighted by atomic mass is 9.95. The van der Waals surface area contributed by atoms with Crippen molar-refractivity contribution in [3.8, 4) is 0 Å². The molecule has 2 aliphatic rings. The lowest BCUT2D eigenvalue weighted by molar-refractivity contribution is 0.0925. The quantitative estimate of drug-likeness (QED) is 0.505. The van der Waals surface area contributed by atoms with E-state index >= 15 is 0 Å². The summed E-state index contributed by atoms with van der Waals surface area (Å²) in [5.74, 6) is -0.413. The first-order valence-electron chi connectivity index (χ1n) is 11.5. The molecule has 1 N–H and O–H groups in total. The van der Waals surface area contributed by atoms with Gasteiger partial charge in [-0.25, -0.2) is 4.21 Å². The van der Waals surface area contributed by atoms with Crippen molar-refractivity contribution < 1.29 is 13.8 Å². The number of rotatable bonds is 4. The van der Waals surface area contributed by atoms with Gasteiger partial charge in [-0.15, -0.1) is 0 Å². The largest absolute Gasteiger partial charge is 0.349 e. The van der Waals surface area contributed by atoms with Crippen LogP contribution in [0, 0.1) is 0 Å². The molecule has 0 bridgehead atoms. The molecule has 0 aromatic heterocycles. The summed E-state index contributed by atoms with van der Waals surface area (Å²) in [6.45, 7) is 0.266. The van der Waals surface area contributed by atoms with Gasteiger partial charge in [-0.05, 0) is 60.9 Å². The fourth-order valence-corrected chi connectivity index (χ4v) is 6.12. The molecule has 0 saturated heterocycles. The Hall–Kier alpha value is -2.96. The van der Waals surface area contributed by atoms with Gasteiger partial charge in [0.25, 0.3) is 11.8 Å². The van der Waals surface area contributed by atoms with Crippen LogP contribution in [-0.4, -0.2) is 22.1 Å². The topological polar surface area (TPSA) is 66.5 Å². The summed E-state index contributed by atoms with van der Waals surface area (Å²) < 4.78 is 13.5. The second-order valence-corrected chi connectivity index (χ2v) is 10.6. The molecule has 1 aliphatic heterocycles. The Kier molecular flexibility index (Phi) is 6.53. The van der Waals surface area contributed by atoms with E-state index in [9.17, 15) is 13.8 Å². The van der Waals surface area contributed by atoms with Gasteiger partial charge in [-0.1, -0.05) is 55.1 Å². The smallest absolute Gasteiger partial charge is 0.259 e. The molecule has 1 aliphatic carbocycles. The fraction of sp³-hybridized carbons (Fsp3) is 0.259. The molecule has 1 fully saturated rings. The van der Waals surface area contributed by atoms with E-state index in [0.717, 1.165) is 31.2 Å². The van der Waals surface area contributed by atoms with E-state index < -0.39 is 10.8 Å².